The van der Waals surface area contributed by atoms with Crippen LogP contribution < -0.4 is 15.4 Å². The van der Waals surface area contributed by atoms with Gasteiger partial charge in [0.25, 0.3) is 0 Å². The second kappa shape index (κ2) is 9.12. The van der Waals surface area contributed by atoms with Gasteiger partial charge in [0.15, 0.2) is 0 Å². The van der Waals surface area contributed by atoms with Crippen molar-refractivity contribution in [1.82, 2.24) is 5.32 Å². The van der Waals surface area contributed by atoms with Gasteiger partial charge in [0.05, 0.1) is 12.7 Å². The van der Waals surface area contributed by atoms with Gasteiger partial charge in [-0.1, -0.05) is 12.1 Å². The van der Waals surface area contributed by atoms with Gasteiger partial charge in [0.1, 0.15) is 5.75 Å². The lowest BCUT2D eigenvalue weighted by molar-refractivity contribution is -0.137. The summed E-state index contributed by atoms with van der Waals surface area (Å²) in [6.07, 6.45) is -3.39. The minimum atomic E-state index is -4.34. The van der Waals surface area contributed by atoms with E-state index >= 15 is 0 Å². The molecule has 0 spiro atoms. The van der Waals surface area contributed by atoms with E-state index in [2.05, 4.69) is 10.6 Å². The summed E-state index contributed by atoms with van der Waals surface area (Å²) in [5.74, 6) is 0.671. The lowest BCUT2D eigenvalue weighted by Crippen LogP contribution is -2.27. The second-order valence-electron chi connectivity index (χ2n) is 5.70. The number of alkyl halides is 3. The third-order valence-electron chi connectivity index (χ3n) is 3.79. The summed E-state index contributed by atoms with van der Waals surface area (Å²) >= 11 is 0. The van der Waals surface area contributed by atoms with Crippen LogP contribution in [0, 0.1) is 0 Å². The van der Waals surface area contributed by atoms with Crippen LogP contribution in [0.3, 0.4) is 0 Å². The first-order valence-electron chi connectivity index (χ1n) is 8.19. The van der Waals surface area contributed by atoms with E-state index in [1.54, 1.807) is 7.11 Å². The van der Waals surface area contributed by atoms with Crippen LogP contribution in [-0.4, -0.2) is 26.1 Å². The van der Waals surface area contributed by atoms with Crippen molar-refractivity contribution in [2.24, 2.45) is 0 Å². The number of amides is 1. The van der Waals surface area contributed by atoms with Crippen molar-refractivity contribution in [2.75, 3.05) is 25.5 Å². The third kappa shape index (κ3) is 6.31. The molecule has 1 amide bonds. The fourth-order valence-electron chi connectivity index (χ4n) is 2.32. The number of hydrogen-bond donors (Lipinski definition) is 2. The van der Waals surface area contributed by atoms with E-state index in [-0.39, 0.29) is 12.3 Å². The summed E-state index contributed by atoms with van der Waals surface area (Å²) in [4.78, 5) is 11.8. The number of nitrogens with one attached hydrogen (secondary N) is 2. The standard InChI is InChI=1S/C19H21F3N2O2/c1-26-17-8-2-14(3-9-17)10-12-24-18(25)11-13-23-16-6-4-15(5-7-16)19(20,21)22/h2-9,23H,10-13H2,1H3,(H,24,25). The molecule has 4 nitrogen and oxygen atoms in total. The summed E-state index contributed by atoms with van der Waals surface area (Å²) in [6, 6.07) is 12.3. The highest BCUT2D eigenvalue weighted by Crippen LogP contribution is 2.29. The quantitative estimate of drug-likeness (QED) is 0.746. The van der Waals surface area contributed by atoms with Gasteiger partial charge in [-0.3, -0.25) is 4.79 Å². The average molecular weight is 366 g/mol. The molecule has 0 radical (unpaired) electrons. The molecule has 0 saturated heterocycles. The molecule has 2 aromatic carbocycles. The van der Waals surface area contributed by atoms with Gasteiger partial charge < -0.3 is 15.4 Å². The Balaban J connectivity index is 1.65. The minimum Gasteiger partial charge on any atom is -0.497 e. The number of ether oxygens (including phenoxy) is 1. The molecule has 0 heterocycles. The van der Waals surface area contributed by atoms with Gasteiger partial charge in [-0.2, -0.15) is 13.2 Å². The molecule has 140 valence electrons. The number of rotatable bonds is 8. The molecule has 0 aromatic heterocycles. The van der Waals surface area contributed by atoms with Crippen LogP contribution in [0.5, 0.6) is 5.75 Å². The normalized spacial score (nSPS) is 11.1. The zero-order valence-electron chi connectivity index (χ0n) is 14.4. The summed E-state index contributed by atoms with van der Waals surface area (Å²) < 4.78 is 42.5. The number of anilines is 1. The highest BCUT2D eigenvalue weighted by molar-refractivity contribution is 5.76. The van der Waals surface area contributed by atoms with E-state index in [1.807, 2.05) is 24.3 Å². The van der Waals surface area contributed by atoms with Crippen LogP contribution in [0.1, 0.15) is 17.5 Å². The molecule has 2 rings (SSSR count). The van der Waals surface area contributed by atoms with Gasteiger partial charge in [0, 0.05) is 25.2 Å². The summed E-state index contributed by atoms with van der Waals surface area (Å²) in [6.45, 7) is 0.866. The minimum absolute atomic E-state index is 0.113. The third-order valence-corrected chi connectivity index (χ3v) is 3.79. The monoisotopic (exact) mass is 366 g/mol. The maximum Gasteiger partial charge on any atom is 0.416 e. The van der Waals surface area contributed by atoms with Crippen molar-refractivity contribution in [3.8, 4) is 5.75 Å². The van der Waals surface area contributed by atoms with Crippen molar-refractivity contribution in [3.63, 3.8) is 0 Å². The van der Waals surface area contributed by atoms with Gasteiger partial charge >= 0.3 is 6.18 Å². The van der Waals surface area contributed by atoms with Crippen molar-refractivity contribution in [3.05, 3.63) is 59.7 Å². The van der Waals surface area contributed by atoms with E-state index < -0.39 is 11.7 Å². The lowest BCUT2D eigenvalue weighted by Gasteiger charge is -2.10. The van der Waals surface area contributed by atoms with Gasteiger partial charge in [-0.05, 0) is 48.4 Å². The molecule has 2 aromatic rings. The average Bonchev–Trinajstić information content (AvgIpc) is 2.62. The van der Waals surface area contributed by atoms with Crippen LogP contribution in [-0.2, 0) is 17.4 Å². The maximum absolute atomic E-state index is 12.5. The van der Waals surface area contributed by atoms with E-state index in [0.29, 0.717) is 25.2 Å². The van der Waals surface area contributed by atoms with Crippen molar-refractivity contribution < 1.29 is 22.7 Å². The lowest BCUT2D eigenvalue weighted by atomic mass is 10.1. The zero-order valence-corrected chi connectivity index (χ0v) is 14.4. The largest absolute Gasteiger partial charge is 0.497 e. The first-order chi connectivity index (χ1) is 12.4. The molecule has 0 bridgehead atoms. The smallest absolute Gasteiger partial charge is 0.416 e. The highest BCUT2D eigenvalue weighted by atomic mass is 19.4. The van der Waals surface area contributed by atoms with Crippen molar-refractivity contribution in [1.29, 1.82) is 0 Å². The summed E-state index contributed by atoms with van der Waals surface area (Å²) in [5.41, 5.74) is 0.942. The molecule has 0 atom stereocenters. The maximum atomic E-state index is 12.5. The summed E-state index contributed by atoms with van der Waals surface area (Å²) in [7, 11) is 1.61. The molecule has 26 heavy (non-hydrogen) atoms. The predicted octanol–water partition coefficient (Wildman–Crippen LogP) is 3.87. The Labute approximate surface area is 150 Å². The number of methoxy groups -OCH3 is 1. The van der Waals surface area contributed by atoms with E-state index in [0.717, 1.165) is 23.4 Å². The Bertz CT molecular complexity index is 698. The predicted molar refractivity (Wildman–Crippen MR) is 94.3 cm³/mol. The van der Waals surface area contributed by atoms with Crippen LogP contribution >= 0.6 is 0 Å². The first kappa shape index (κ1) is 19.6. The Morgan fingerprint density at radius 2 is 1.65 bits per heavy atom. The molecular weight excluding hydrogens is 345 g/mol. The zero-order chi connectivity index (χ0) is 19.0. The van der Waals surface area contributed by atoms with Crippen LogP contribution in [0.25, 0.3) is 0 Å². The highest BCUT2D eigenvalue weighted by Gasteiger charge is 2.29. The fraction of sp³-hybridized carbons (Fsp3) is 0.316. The van der Waals surface area contributed by atoms with Crippen LogP contribution in [0.2, 0.25) is 0 Å². The Kier molecular flexibility index (Phi) is 6.89. The molecule has 0 unspecified atom stereocenters. The Morgan fingerprint density at radius 1 is 1.00 bits per heavy atom. The van der Waals surface area contributed by atoms with Crippen LogP contribution in [0.15, 0.2) is 48.5 Å². The van der Waals surface area contributed by atoms with Crippen molar-refractivity contribution in [2.45, 2.75) is 19.0 Å². The number of halogens is 3. The Hall–Kier alpha value is -2.70. The molecule has 0 aliphatic rings. The first-order valence-corrected chi connectivity index (χ1v) is 8.19. The van der Waals surface area contributed by atoms with Gasteiger partial charge in [-0.25, -0.2) is 0 Å². The number of hydrogen-bond acceptors (Lipinski definition) is 3. The molecule has 2 N–H and O–H groups in total. The second-order valence-corrected chi connectivity index (χ2v) is 5.70. The molecular formula is C19H21F3N2O2. The number of carbonyl (C=O) groups is 1. The van der Waals surface area contributed by atoms with E-state index in [4.69, 9.17) is 4.74 Å². The molecule has 0 aliphatic carbocycles. The molecule has 0 saturated carbocycles. The van der Waals surface area contributed by atoms with Crippen LogP contribution in [0.4, 0.5) is 18.9 Å². The summed E-state index contributed by atoms with van der Waals surface area (Å²) in [5, 5.41) is 5.75. The topological polar surface area (TPSA) is 50.4 Å². The molecule has 0 fully saturated rings. The fourth-order valence-corrected chi connectivity index (χ4v) is 2.32. The van der Waals surface area contributed by atoms with Gasteiger partial charge in [-0.15, -0.1) is 0 Å². The van der Waals surface area contributed by atoms with Crippen molar-refractivity contribution >= 4 is 11.6 Å². The SMILES string of the molecule is COc1ccc(CCNC(=O)CCNc2ccc(C(F)(F)F)cc2)cc1. The van der Waals surface area contributed by atoms with Gasteiger partial charge in [0.2, 0.25) is 5.91 Å². The molecule has 0 aliphatic heterocycles. The van der Waals surface area contributed by atoms with E-state index in [9.17, 15) is 18.0 Å². The Morgan fingerprint density at radius 3 is 2.23 bits per heavy atom. The molecule has 7 heteroatoms. The number of benzene rings is 2. The van der Waals surface area contributed by atoms with E-state index in [1.165, 1.54) is 12.1 Å². The number of carbonyl (C=O) groups excluding carboxylic acids is 1.